The van der Waals surface area contributed by atoms with Crippen LogP contribution < -0.4 is 10.2 Å². The number of phenols is 1. The predicted molar refractivity (Wildman–Crippen MR) is 93.0 cm³/mol. The molecule has 0 atom stereocenters. The third kappa shape index (κ3) is 8.24. The van der Waals surface area contributed by atoms with E-state index in [4.69, 9.17) is 4.74 Å². The minimum atomic E-state index is -0.0769. The summed E-state index contributed by atoms with van der Waals surface area (Å²) in [4.78, 5) is 11.6. The van der Waals surface area contributed by atoms with Gasteiger partial charge in [0, 0.05) is 6.42 Å². The first-order chi connectivity index (χ1) is 11.2. The Morgan fingerprint density at radius 1 is 1.22 bits per heavy atom. The van der Waals surface area contributed by atoms with Crippen molar-refractivity contribution in [3.05, 3.63) is 23.8 Å². The zero-order chi connectivity index (χ0) is 16.9. The highest BCUT2D eigenvalue weighted by Crippen LogP contribution is 2.25. The number of phenolic OH excluding ortho intramolecular Hbond substituents is 1. The number of nitrogens with zero attached hydrogens (tertiary/aromatic N) is 1. The number of hydrazone groups is 1. The standard InChI is InChI=1S/C18H28N2O3/c1-3-5-6-7-8-9-10-18(22)20-19-14-15-11-12-17(23-4-2)16(21)13-15/h11-14,21H,3-10H2,1-2H3,(H,20,22)/b19-14+. The van der Waals surface area contributed by atoms with Crippen molar-refractivity contribution >= 4 is 12.1 Å². The summed E-state index contributed by atoms with van der Waals surface area (Å²) >= 11 is 0. The summed E-state index contributed by atoms with van der Waals surface area (Å²) in [5, 5.41) is 13.7. The maximum atomic E-state index is 11.6. The van der Waals surface area contributed by atoms with E-state index in [2.05, 4.69) is 17.5 Å². The Hall–Kier alpha value is -2.04. The molecule has 0 aliphatic heterocycles. The van der Waals surface area contributed by atoms with Crippen molar-refractivity contribution in [2.24, 2.45) is 5.10 Å². The normalized spacial score (nSPS) is 10.9. The first-order valence-electron chi connectivity index (χ1n) is 8.45. The van der Waals surface area contributed by atoms with Gasteiger partial charge < -0.3 is 9.84 Å². The van der Waals surface area contributed by atoms with E-state index in [0.29, 0.717) is 24.3 Å². The van der Waals surface area contributed by atoms with Crippen molar-refractivity contribution in [2.75, 3.05) is 6.61 Å². The van der Waals surface area contributed by atoms with E-state index in [0.717, 1.165) is 12.8 Å². The first kappa shape index (κ1) is 19.0. The summed E-state index contributed by atoms with van der Waals surface area (Å²) in [6, 6.07) is 5.00. The van der Waals surface area contributed by atoms with Crippen LogP contribution in [0, 0.1) is 0 Å². The maximum absolute atomic E-state index is 11.6. The molecule has 0 saturated carbocycles. The molecule has 0 spiro atoms. The van der Waals surface area contributed by atoms with Crippen LogP contribution in [0.15, 0.2) is 23.3 Å². The fraction of sp³-hybridized carbons (Fsp3) is 0.556. The fourth-order valence-corrected chi connectivity index (χ4v) is 2.19. The van der Waals surface area contributed by atoms with Crippen LogP contribution in [0.5, 0.6) is 11.5 Å². The van der Waals surface area contributed by atoms with Crippen molar-refractivity contribution in [3.63, 3.8) is 0 Å². The Bertz CT molecular complexity index is 501. The van der Waals surface area contributed by atoms with E-state index in [1.54, 1.807) is 18.2 Å². The topological polar surface area (TPSA) is 70.9 Å². The number of ether oxygens (including phenoxy) is 1. The fourth-order valence-electron chi connectivity index (χ4n) is 2.19. The van der Waals surface area contributed by atoms with Gasteiger partial charge in [-0.2, -0.15) is 5.10 Å². The van der Waals surface area contributed by atoms with Crippen LogP contribution in [0.3, 0.4) is 0 Å². The van der Waals surface area contributed by atoms with Crippen LogP contribution in [0.4, 0.5) is 0 Å². The van der Waals surface area contributed by atoms with Gasteiger partial charge in [-0.1, -0.05) is 39.0 Å². The number of nitrogens with one attached hydrogen (secondary N) is 1. The lowest BCUT2D eigenvalue weighted by Gasteiger charge is -2.05. The molecule has 0 heterocycles. The van der Waals surface area contributed by atoms with Gasteiger partial charge in [-0.25, -0.2) is 5.43 Å². The van der Waals surface area contributed by atoms with Crippen LogP contribution in [0.2, 0.25) is 0 Å². The maximum Gasteiger partial charge on any atom is 0.240 e. The van der Waals surface area contributed by atoms with Crippen LogP contribution in [0.25, 0.3) is 0 Å². The van der Waals surface area contributed by atoms with Gasteiger partial charge in [-0.15, -0.1) is 0 Å². The van der Waals surface area contributed by atoms with E-state index in [-0.39, 0.29) is 11.7 Å². The molecule has 5 heteroatoms. The molecule has 2 N–H and O–H groups in total. The number of carbonyl (C=O) groups excluding carboxylic acids is 1. The van der Waals surface area contributed by atoms with E-state index >= 15 is 0 Å². The van der Waals surface area contributed by atoms with Gasteiger partial charge in [0.15, 0.2) is 11.5 Å². The molecular weight excluding hydrogens is 292 g/mol. The summed E-state index contributed by atoms with van der Waals surface area (Å²) in [5.74, 6) is 0.429. The highest BCUT2D eigenvalue weighted by atomic mass is 16.5. The average molecular weight is 320 g/mol. The lowest BCUT2D eigenvalue weighted by molar-refractivity contribution is -0.121. The van der Waals surface area contributed by atoms with Crippen molar-refractivity contribution in [1.82, 2.24) is 5.43 Å². The van der Waals surface area contributed by atoms with Gasteiger partial charge in [0.2, 0.25) is 5.91 Å². The Balaban J connectivity index is 2.27. The third-order valence-electron chi connectivity index (χ3n) is 3.44. The number of rotatable bonds is 11. The number of benzene rings is 1. The molecule has 0 fully saturated rings. The molecule has 0 aliphatic carbocycles. The van der Waals surface area contributed by atoms with Crippen molar-refractivity contribution in [3.8, 4) is 11.5 Å². The van der Waals surface area contributed by atoms with Crippen molar-refractivity contribution in [2.45, 2.75) is 58.8 Å². The van der Waals surface area contributed by atoms with Crippen molar-refractivity contribution in [1.29, 1.82) is 0 Å². The zero-order valence-electron chi connectivity index (χ0n) is 14.2. The summed E-state index contributed by atoms with van der Waals surface area (Å²) in [5.41, 5.74) is 3.21. The Morgan fingerprint density at radius 2 is 1.96 bits per heavy atom. The summed E-state index contributed by atoms with van der Waals surface area (Å²) in [6.45, 7) is 4.54. The highest BCUT2D eigenvalue weighted by Gasteiger charge is 2.02. The molecule has 0 saturated heterocycles. The molecule has 1 amide bonds. The second kappa shape index (κ2) is 11.5. The average Bonchev–Trinajstić information content (AvgIpc) is 2.53. The molecule has 1 aromatic rings. The smallest absolute Gasteiger partial charge is 0.240 e. The number of amides is 1. The van der Waals surface area contributed by atoms with Crippen molar-refractivity contribution < 1.29 is 14.6 Å². The summed E-state index contributed by atoms with van der Waals surface area (Å²) < 4.78 is 5.25. The van der Waals surface area contributed by atoms with E-state index < -0.39 is 0 Å². The molecule has 23 heavy (non-hydrogen) atoms. The molecule has 5 nitrogen and oxygen atoms in total. The summed E-state index contributed by atoms with van der Waals surface area (Å²) in [6.07, 6.45) is 8.93. The Labute approximate surface area is 138 Å². The van der Waals surface area contributed by atoms with Gasteiger partial charge in [-0.3, -0.25) is 4.79 Å². The Morgan fingerprint density at radius 3 is 2.65 bits per heavy atom. The number of carbonyl (C=O) groups is 1. The largest absolute Gasteiger partial charge is 0.504 e. The number of hydrogen-bond acceptors (Lipinski definition) is 4. The third-order valence-corrected chi connectivity index (χ3v) is 3.44. The SMILES string of the molecule is CCCCCCCCC(=O)N/N=C/c1ccc(OCC)c(O)c1. The molecule has 0 unspecified atom stereocenters. The first-order valence-corrected chi connectivity index (χ1v) is 8.45. The van der Waals surface area contributed by atoms with E-state index in [1.165, 1.54) is 31.9 Å². The van der Waals surface area contributed by atoms with Gasteiger partial charge in [0.1, 0.15) is 0 Å². The number of unbranched alkanes of at least 4 members (excludes halogenated alkanes) is 5. The minimum absolute atomic E-state index is 0.0641. The molecule has 128 valence electrons. The second-order valence-electron chi connectivity index (χ2n) is 5.47. The highest BCUT2D eigenvalue weighted by molar-refractivity contribution is 5.83. The van der Waals surface area contributed by atoms with Crippen LogP contribution in [-0.4, -0.2) is 23.8 Å². The monoisotopic (exact) mass is 320 g/mol. The molecule has 0 aliphatic rings. The summed E-state index contributed by atoms with van der Waals surface area (Å²) in [7, 11) is 0. The van der Waals surface area contributed by atoms with E-state index in [9.17, 15) is 9.90 Å². The van der Waals surface area contributed by atoms with Gasteiger partial charge in [0.25, 0.3) is 0 Å². The van der Waals surface area contributed by atoms with Crippen LogP contribution in [0.1, 0.15) is 64.4 Å². The molecule has 0 bridgehead atoms. The molecule has 0 aromatic heterocycles. The minimum Gasteiger partial charge on any atom is -0.504 e. The van der Waals surface area contributed by atoms with Gasteiger partial charge in [-0.05, 0) is 37.1 Å². The molecular formula is C18H28N2O3. The lowest BCUT2D eigenvalue weighted by atomic mass is 10.1. The zero-order valence-corrected chi connectivity index (χ0v) is 14.2. The molecule has 1 aromatic carbocycles. The van der Waals surface area contributed by atoms with Gasteiger partial charge in [0.05, 0.1) is 12.8 Å². The van der Waals surface area contributed by atoms with Gasteiger partial charge >= 0.3 is 0 Å². The number of aromatic hydroxyl groups is 1. The van der Waals surface area contributed by atoms with Crippen LogP contribution in [-0.2, 0) is 4.79 Å². The van der Waals surface area contributed by atoms with E-state index in [1.807, 2.05) is 6.92 Å². The molecule has 1 rings (SSSR count). The molecule has 0 radical (unpaired) electrons. The lowest BCUT2D eigenvalue weighted by Crippen LogP contribution is -2.16. The van der Waals surface area contributed by atoms with Crippen LogP contribution >= 0.6 is 0 Å². The Kier molecular flexibility index (Phi) is 9.52. The predicted octanol–water partition coefficient (Wildman–Crippen LogP) is 3.99. The quantitative estimate of drug-likeness (QED) is 0.368. The second-order valence-corrected chi connectivity index (χ2v) is 5.47. The number of hydrogen-bond donors (Lipinski definition) is 2.